The van der Waals surface area contributed by atoms with Crippen LogP contribution in [0.2, 0.25) is 10.0 Å². The maximum Gasteiger partial charge on any atom is 0.177 e. The first-order chi connectivity index (χ1) is 9.70. The number of nitrogens with one attached hydrogen (secondary N) is 1. The molecule has 114 valence electrons. The molecule has 21 heavy (non-hydrogen) atoms. The molecule has 2 bridgehead atoms. The fraction of sp³-hybridized carbons (Fsp3) is 0.500. The van der Waals surface area contributed by atoms with Gasteiger partial charge in [-0.3, -0.25) is 0 Å². The van der Waals surface area contributed by atoms with Crippen LogP contribution in [0, 0.1) is 5.92 Å². The zero-order valence-corrected chi connectivity index (χ0v) is 13.6. The minimum Gasteiger partial charge on any atom is -0.362 e. The zero-order valence-electron chi connectivity index (χ0n) is 11.3. The van der Waals surface area contributed by atoms with Gasteiger partial charge in [-0.25, -0.2) is 0 Å². The standard InChI is InChI=1S/C14H15Cl2N3O.ClH/c15-10-5-9-13(6-11(10)16)20-18-14(9)17-12-7-19-3-1-8(12)2-4-19;/h5-6,8,12H,1-4,7H2,(H,17,18);1H. The Labute approximate surface area is 139 Å². The molecule has 0 radical (unpaired) electrons. The predicted octanol–water partition coefficient (Wildman–Crippen LogP) is 4.06. The number of hydrogen-bond acceptors (Lipinski definition) is 4. The molecule has 4 nitrogen and oxygen atoms in total. The molecule has 0 saturated carbocycles. The molecule has 1 N–H and O–H groups in total. The Morgan fingerprint density at radius 2 is 1.90 bits per heavy atom. The number of halogens is 3. The molecule has 2 aromatic rings. The van der Waals surface area contributed by atoms with Crippen LogP contribution in [0.1, 0.15) is 12.8 Å². The quantitative estimate of drug-likeness (QED) is 0.888. The van der Waals surface area contributed by atoms with Gasteiger partial charge in [-0.05, 0) is 37.9 Å². The minimum atomic E-state index is 0. The van der Waals surface area contributed by atoms with Crippen molar-refractivity contribution in [2.45, 2.75) is 18.9 Å². The second-order valence-corrected chi connectivity index (χ2v) is 6.50. The average molecular weight is 349 g/mol. The maximum absolute atomic E-state index is 6.08. The van der Waals surface area contributed by atoms with E-state index in [0.717, 1.165) is 23.7 Å². The van der Waals surface area contributed by atoms with Gasteiger partial charge < -0.3 is 14.7 Å². The molecule has 3 saturated heterocycles. The monoisotopic (exact) mass is 347 g/mol. The van der Waals surface area contributed by atoms with Crippen LogP contribution >= 0.6 is 35.6 Å². The van der Waals surface area contributed by atoms with Gasteiger partial charge in [-0.2, -0.15) is 0 Å². The van der Waals surface area contributed by atoms with Crippen LogP contribution in [-0.4, -0.2) is 35.7 Å². The highest BCUT2D eigenvalue weighted by Crippen LogP contribution is 2.34. The van der Waals surface area contributed by atoms with Gasteiger partial charge in [0, 0.05) is 18.7 Å². The van der Waals surface area contributed by atoms with Crippen LogP contribution < -0.4 is 5.32 Å². The average Bonchev–Trinajstić information content (AvgIpc) is 2.83. The van der Waals surface area contributed by atoms with E-state index in [-0.39, 0.29) is 12.4 Å². The summed E-state index contributed by atoms with van der Waals surface area (Å²) in [4.78, 5) is 2.50. The molecule has 1 aromatic heterocycles. The fourth-order valence-corrected chi connectivity index (χ4v) is 3.66. The van der Waals surface area contributed by atoms with E-state index >= 15 is 0 Å². The lowest BCUT2D eigenvalue weighted by Gasteiger charge is -2.44. The third-order valence-corrected chi connectivity index (χ3v) is 5.21. The summed E-state index contributed by atoms with van der Waals surface area (Å²) in [5.41, 5.74) is 0.670. The largest absolute Gasteiger partial charge is 0.362 e. The first-order valence-corrected chi connectivity index (χ1v) is 7.69. The van der Waals surface area contributed by atoms with Crippen molar-refractivity contribution in [1.29, 1.82) is 0 Å². The van der Waals surface area contributed by atoms with Crippen molar-refractivity contribution in [2.75, 3.05) is 25.0 Å². The molecule has 0 aliphatic carbocycles. The molecule has 3 aliphatic heterocycles. The van der Waals surface area contributed by atoms with Crippen molar-refractivity contribution in [3.63, 3.8) is 0 Å². The number of piperidine rings is 3. The van der Waals surface area contributed by atoms with Crippen molar-refractivity contribution in [2.24, 2.45) is 5.92 Å². The second-order valence-electron chi connectivity index (χ2n) is 5.68. The van der Waals surface area contributed by atoms with Gasteiger partial charge in [0.05, 0.1) is 15.4 Å². The van der Waals surface area contributed by atoms with Crippen LogP contribution in [0.4, 0.5) is 5.82 Å². The van der Waals surface area contributed by atoms with E-state index in [4.69, 9.17) is 27.7 Å². The smallest absolute Gasteiger partial charge is 0.177 e. The van der Waals surface area contributed by atoms with Gasteiger partial charge in [0.25, 0.3) is 0 Å². The Balaban J connectivity index is 0.00000132. The van der Waals surface area contributed by atoms with Crippen LogP contribution in [0.15, 0.2) is 16.7 Å². The van der Waals surface area contributed by atoms with Crippen molar-refractivity contribution < 1.29 is 4.52 Å². The third kappa shape index (κ3) is 2.70. The Morgan fingerprint density at radius 1 is 1.19 bits per heavy atom. The van der Waals surface area contributed by atoms with Gasteiger partial charge >= 0.3 is 0 Å². The molecular weight excluding hydrogens is 333 g/mol. The number of fused-ring (bicyclic) bond motifs is 4. The number of anilines is 1. The highest BCUT2D eigenvalue weighted by atomic mass is 35.5. The Kier molecular flexibility index (Phi) is 4.23. The summed E-state index contributed by atoms with van der Waals surface area (Å²) in [6.45, 7) is 3.54. The van der Waals surface area contributed by atoms with Crippen LogP contribution in [0.25, 0.3) is 11.0 Å². The minimum absolute atomic E-state index is 0. The molecule has 0 amide bonds. The summed E-state index contributed by atoms with van der Waals surface area (Å²) < 4.78 is 5.34. The molecule has 7 heteroatoms. The van der Waals surface area contributed by atoms with Crippen molar-refractivity contribution in [1.82, 2.24) is 10.1 Å². The fourth-order valence-electron chi connectivity index (χ4n) is 3.34. The third-order valence-electron chi connectivity index (χ3n) is 4.49. The van der Waals surface area contributed by atoms with Crippen molar-refractivity contribution in [3.8, 4) is 0 Å². The molecular formula is C14H16Cl3N3O. The molecule has 3 aliphatic rings. The van der Waals surface area contributed by atoms with E-state index < -0.39 is 0 Å². The summed E-state index contributed by atoms with van der Waals surface area (Å²) in [6, 6.07) is 3.98. The van der Waals surface area contributed by atoms with Gasteiger partial charge in [-0.1, -0.05) is 28.4 Å². The zero-order chi connectivity index (χ0) is 13.7. The van der Waals surface area contributed by atoms with E-state index in [9.17, 15) is 0 Å². The van der Waals surface area contributed by atoms with Gasteiger partial charge in [-0.15, -0.1) is 12.4 Å². The Morgan fingerprint density at radius 3 is 2.57 bits per heavy atom. The topological polar surface area (TPSA) is 41.3 Å². The van der Waals surface area contributed by atoms with Crippen LogP contribution in [0.5, 0.6) is 0 Å². The molecule has 1 atom stereocenters. The number of aromatic nitrogens is 1. The van der Waals surface area contributed by atoms with E-state index in [1.54, 1.807) is 6.07 Å². The van der Waals surface area contributed by atoms with Gasteiger partial charge in [0.2, 0.25) is 0 Å². The lowest BCUT2D eigenvalue weighted by atomic mass is 9.84. The van der Waals surface area contributed by atoms with E-state index in [0.29, 0.717) is 21.7 Å². The Bertz CT molecular complexity index is 652. The van der Waals surface area contributed by atoms with Gasteiger partial charge in [0.1, 0.15) is 0 Å². The summed E-state index contributed by atoms with van der Waals surface area (Å²) in [7, 11) is 0. The molecule has 1 aromatic carbocycles. The van der Waals surface area contributed by atoms with Crippen LogP contribution in [-0.2, 0) is 0 Å². The molecule has 1 unspecified atom stereocenters. The van der Waals surface area contributed by atoms with Crippen molar-refractivity contribution in [3.05, 3.63) is 22.2 Å². The highest BCUT2D eigenvalue weighted by Gasteiger charge is 2.34. The SMILES string of the molecule is Cl.Clc1cc2onc(NC3CN4CCC3CC4)c2cc1Cl. The first kappa shape index (κ1) is 15.2. The van der Waals surface area contributed by atoms with E-state index in [2.05, 4.69) is 15.4 Å². The lowest BCUT2D eigenvalue weighted by Crippen LogP contribution is -2.53. The van der Waals surface area contributed by atoms with Crippen LogP contribution in [0.3, 0.4) is 0 Å². The normalized spacial score (nSPS) is 27.6. The molecule has 4 heterocycles. The summed E-state index contributed by atoms with van der Waals surface area (Å²) in [6.07, 6.45) is 2.53. The Hall–Kier alpha value is -0.680. The van der Waals surface area contributed by atoms with E-state index in [1.807, 2.05) is 6.07 Å². The first-order valence-electron chi connectivity index (χ1n) is 6.94. The lowest BCUT2D eigenvalue weighted by molar-refractivity contribution is 0.0973. The number of rotatable bonds is 2. The van der Waals surface area contributed by atoms with Gasteiger partial charge in [0.15, 0.2) is 11.4 Å². The number of benzene rings is 1. The highest BCUT2D eigenvalue weighted by molar-refractivity contribution is 6.42. The number of nitrogens with zero attached hydrogens (tertiary/aromatic N) is 2. The summed E-state index contributed by atoms with van der Waals surface area (Å²) in [5, 5.41) is 9.58. The van der Waals surface area contributed by atoms with Crippen molar-refractivity contribution >= 4 is 52.4 Å². The molecule has 0 spiro atoms. The summed E-state index contributed by atoms with van der Waals surface area (Å²) >= 11 is 12.1. The van der Waals surface area contributed by atoms with E-state index in [1.165, 1.54) is 25.9 Å². The second kappa shape index (κ2) is 5.84. The number of hydrogen-bond donors (Lipinski definition) is 1. The molecule has 5 rings (SSSR count). The molecule has 3 fully saturated rings. The summed E-state index contributed by atoms with van der Waals surface area (Å²) in [5.74, 6) is 1.51. The maximum atomic E-state index is 6.08. The predicted molar refractivity (Wildman–Crippen MR) is 87.9 cm³/mol.